The highest BCUT2D eigenvalue weighted by Gasteiger charge is 2.38. The lowest BCUT2D eigenvalue weighted by Gasteiger charge is -2.14. The van der Waals surface area contributed by atoms with E-state index in [0.29, 0.717) is 10.0 Å². The topological polar surface area (TPSA) is 50.2 Å². The van der Waals surface area contributed by atoms with Crippen molar-refractivity contribution in [3.8, 4) is 0 Å². The number of aromatic nitrogens is 1. The highest BCUT2D eigenvalue weighted by Crippen LogP contribution is 2.38. The van der Waals surface area contributed by atoms with Crippen LogP contribution in [0.2, 0.25) is 0 Å². The van der Waals surface area contributed by atoms with Crippen molar-refractivity contribution < 1.29 is 23.1 Å². The van der Waals surface area contributed by atoms with Crippen LogP contribution in [0.25, 0.3) is 10.9 Å². The summed E-state index contributed by atoms with van der Waals surface area (Å²) >= 11 is 3.10. The molecule has 0 atom stereocenters. The predicted octanol–water partition coefficient (Wildman–Crippen LogP) is 4.02. The average molecular weight is 334 g/mol. The fourth-order valence-electron chi connectivity index (χ4n) is 1.90. The number of hydrogen-bond donors (Lipinski definition) is 1. The molecule has 0 saturated carbocycles. The van der Waals surface area contributed by atoms with E-state index in [2.05, 4.69) is 20.9 Å². The molecule has 0 aliphatic rings. The van der Waals surface area contributed by atoms with Gasteiger partial charge in [0.25, 0.3) is 0 Å². The molecule has 0 fully saturated rings. The number of carboxylic acids is 1. The number of alkyl halides is 3. The maximum atomic E-state index is 13.1. The molecular formula is C12H7BrF3NO2. The van der Waals surface area contributed by atoms with Gasteiger partial charge in [-0.1, -0.05) is 15.9 Å². The molecule has 1 N–H and O–H groups in total. The second-order valence-corrected chi connectivity index (χ2v) is 4.88. The Labute approximate surface area is 114 Å². The van der Waals surface area contributed by atoms with Gasteiger partial charge in [0.1, 0.15) is 0 Å². The van der Waals surface area contributed by atoms with Crippen molar-refractivity contribution in [2.75, 3.05) is 0 Å². The van der Waals surface area contributed by atoms with Crippen LogP contribution in [-0.4, -0.2) is 16.1 Å². The second-order valence-electron chi connectivity index (χ2n) is 3.97. The van der Waals surface area contributed by atoms with Gasteiger partial charge in [0.2, 0.25) is 0 Å². The van der Waals surface area contributed by atoms with Gasteiger partial charge >= 0.3 is 12.1 Å². The van der Waals surface area contributed by atoms with Gasteiger partial charge in [0.05, 0.1) is 16.6 Å². The molecule has 19 heavy (non-hydrogen) atoms. The number of fused-ring (bicyclic) bond motifs is 1. The van der Waals surface area contributed by atoms with E-state index in [9.17, 15) is 18.0 Å². The molecule has 0 saturated heterocycles. The first-order chi connectivity index (χ1) is 8.71. The third-order valence-electron chi connectivity index (χ3n) is 2.64. The maximum Gasteiger partial charge on any atom is 0.417 e. The standard InChI is InChI=1S/C12H7BrF3NO2/c1-5-2-6(13)3-7-9(12(14,15)16)8(11(18)19)4-17-10(5)7/h2-4H,1H3,(H,18,19). The number of rotatable bonds is 1. The van der Waals surface area contributed by atoms with Crippen LogP contribution in [0.4, 0.5) is 13.2 Å². The second kappa shape index (κ2) is 4.48. The summed E-state index contributed by atoms with van der Waals surface area (Å²) < 4.78 is 39.7. The van der Waals surface area contributed by atoms with Crippen molar-refractivity contribution in [3.63, 3.8) is 0 Å². The van der Waals surface area contributed by atoms with E-state index >= 15 is 0 Å². The number of aromatic carboxylic acids is 1. The van der Waals surface area contributed by atoms with Crippen molar-refractivity contribution in [1.29, 1.82) is 0 Å². The number of benzene rings is 1. The van der Waals surface area contributed by atoms with Crippen LogP contribution in [0, 0.1) is 6.92 Å². The molecule has 0 aliphatic heterocycles. The predicted molar refractivity (Wildman–Crippen MR) is 66.1 cm³/mol. The summed E-state index contributed by atoms with van der Waals surface area (Å²) in [5.74, 6) is -1.65. The molecule has 1 aromatic heterocycles. The average Bonchev–Trinajstić information content (AvgIpc) is 2.25. The molecule has 0 aliphatic carbocycles. The molecule has 0 unspecified atom stereocenters. The van der Waals surface area contributed by atoms with E-state index in [-0.39, 0.29) is 10.9 Å². The van der Waals surface area contributed by atoms with Crippen molar-refractivity contribution >= 4 is 32.8 Å². The lowest BCUT2D eigenvalue weighted by Crippen LogP contribution is -2.14. The SMILES string of the molecule is Cc1cc(Br)cc2c(C(F)(F)F)c(C(=O)O)cnc12. The maximum absolute atomic E-state index is 13.1. The van der Waals surface area contributed by atoms with E-state index in [4.69, 9.17) is 5.11 Å². The molecule has 0 amide bonds. The molecule has 0 spiro atoms. The van der Waals surface area contributed by atoms with Gasteiger partial charge in [-0.3, -0.25) is 4.98 Å². The minimum absolute atomic E-state index is 0.139. The van der Waals surface area contributed by atoms with Crippen molar-refractivity contribution in [1.82, 2.24) is 4.98 Å². The number of carboxylic acid groups (broad SMARTS) is 1. The minimum Gasteiger partial charge on any atom is -0.478 e. The zero-order valence-electron chi connectivity index (χ0n) is 9.55. The van der Waals surface area contributed by atoms with Crippen LogP contribution < -0.4 is 0 Å². The van der Waals surface area contributed by atoms with Gasteiger partial charge in [-0.25, -0.2) is 4.79 Å². The molecule has 7 heteroatoms. The first kappa shape index (κ1) is 13.8. The Morgan fingerprint density at radius 1 is 1.37 bits per heavy atom. The van der Waals surface area contributed by atoms with Crippen LogP contribution >= 0.6 is 15.9 Å². The number of nitrogens with zero attached hydrogens (tertiary/aromatic N) is 1. The van der Waals surface area contributed by atoms with E-state index < -0.39 is 23.3 Å². The molecule has 2 aromatic rings. The highest BCUT2D eigenvalue weighted by molar-refractivity contribution is 9.10. The van der Waals surface area contributed by atoms with Crippen molar-refractivity contribution in [2.45, 2.75) is 13.1 Å². The highest BCUT2D eigenvalue weighted by atomic mass is 79.9. The van der Waals surface area contributed by atoms with Gasteiger partial charge in [-0.15, -0.1) is 0 Å². The summed E-state index contributed by atoms with van der Waals surface area (Å²) in [6.07, 6.45) is -4.02. The van der Waals surface area contributed by atoms with Gasteiger partial charge in [-0.05, 0) is 24.6 Å². The molecule has 100 valence electrons. The minimum atomic E-state index is -4.76. The van der Waals surface area contributed by atoms with Crippen molar-refractivity contribution in [3.05, 3.63) is 39.5 Å². The van der Waals surface area contributed by atoms with E-state index in [0.717, 1.165) is 6.20 Å². The number of aryl methyl sites for hydroxylation is 1. The fourth-order valence-corrected chi connectivity index (χ4v) is 2.48. The van der Waals surface area contributed by atoms with E-state index in [1.807, 2.05) is 0 Å². The molecule has 2 rings (SSSR count). The summed E-state index contributed by atoms with van der Waals surface area (Å²) in [5.41, 5.74) is -1.35. The quantitative estimate of drug-likeness (QED) is 0.857. The number of halogens is 4. The van der Waals surface area contributed by atoms with E-state index in [1.165, 1.54) is 6.07 Å². The Kier molecular flexibility index (Phi) is 3.25. The summed E-state index contributed by atoms with van der Waals surface area (Å²) in [6.45, 7) is 1.61. The summed E-state index contributed by atoms with van der Waals surface area (Å²) in [6, 6.07) is 2.85. The van der Waals surface area contributed by atoms with Crippen LogP contribution in [0.5, 0.6) is 0 Å². The van der Waals surface area contributed by atoms with Gasteiger partial charge in [0, 0.05) is 16.1 Å². The summed E-state index contributed by atoms with van der Waals surface area (Å²) in [4.78, 5) is 14.7. The van der Waals surface area contributed by atoms with Gasteiger partial charge in [-0.2, -0.15) is 13.2 Å². The molecule has 1 heterocycles. The monoisotopic (exact) mass is 333 g/mol. The Bertz CT molecular complexity index is 683. The van der Waals surface area contributed by atoms with Gasteiger partial charge in [0.15, 0.2) is 0 Å². The Balaban J connectivity index is 2.99. The smallest absolute Gasteiger partial charge is 0.417 e. The number of pyridine rings is 1. The number of carbonyl (C=O) groups is 1. The zero-order valence-corrected chi connectivity index (χ0v) is 11.1. The van der Waals surface area contributed by atoms with E-state index in [1.54, 1.807) is 13.0 Å². The first-order valence-corrected chi connectivity index (χ1v) is 5.90. The lowest BCUT2D eigenvalue weighted by atomic mass is 10.0. The summed E-state index contributed by atoms with van der Waals surface area (Å²) in [7, 11) is 0. The third kappa shape index (κ3) is 2.42. The van der Waals surface area contributed by atoms with Crippen LogP contribution in [0.15, 0.2) is 22.8 Å². The normalized spacial score (nSPS) is 11.8. The molecular weight excluding hydrogens is 327 g/mol. The molecule has 0 radical (unpaired) electrons. The molecule has 3 nitrogen and oxygen atoms in total. The first-order valence-electron chi connectivity index (χ1n) is 5.11. The molecule has 0 bridgehead atoms. The van der Waals surface area contributed by atoms with Crippen LogP contribution in [0.3, 0.4) is 0 Å². The van der Waals surface area contributed by atoms with Crippen LogP contribution in [0.1, 0.15) is 21.5 Å². The Hall–Kier alpha value is -1.63. The lowest BCUT2D eigenvalue weighted by molar-refractivity contribution is -0.136. The van der Waals surface area contributed by atoms with Crippen molar-refractivity contribution in [2.24, 2.45) is 0 Å². The van der Waals surface area contributed by atoms with Crippen LogP contribution in [-0.2, 0) is 6.18 Å². The zero-order chi connectivity index (χ0) is 14.4. The Morgan fingerprint density at radius 3 is 2.53 bits per heavy atom. The summed E-state index contributed by atoms with van der Waals surface area (Å²) in [5, 5.41) is 8.65. The van der Waals surface area contributed by atoms with Gasteiger partial charge < -0.3 is 5.11 Å². The largest absolute Gasteiger partial charge is 0.478 e. The molecule has 1 aromatic carbocycles. The Morgan fingerprint density at radius 2 is 2.00 bits per heavy atom. The fraction of sp³-hybridized carbons (Fsp3) is 0.167. The number of hydrogen-bond acceptors (Lipinski definition) is 2. The third-order valence-corrected chi connectivity index (χ3v) is 3.10.